The molecule has 0 amide bonds. The molecular weight excluding hydrogens is 315 g/mol. The number of hydrogen-bond acceptors (Lipinski definition) is 5. The Morgan fingerprint density at radius 1 is 1.42 bits per heavy atom. The maximum Gasteiger partial charge on any atom is 0.347 e. The maximum absolute atomic E-state index is 13.5. The third-order valence-electron chi connectivity index (χ3n) is 3.60. The lowest BCUT2D eigenvalue weighted by molar-refractivity contribution is 0.0520. The van der Waals surface area contributed by atoms with Crippen LogP contribution in [0.2, 0.25) is 0 Å². The average Bonchev–Trinajstić information content (AvgIpc) is 2.47. The van der Waals surface area contributed by atoms with E-state index in [9.17, 15) is 19.1 Å². The van der Waals surface area contributed by atoms with Gasteiger partial charge in [-0.05, 0) is 24.8 Å². The van der Waals surface area contributed by atoms with Gasteiger partial charge in [0.25, 0.3) is 5.56 Å². The SMILES string of the molecule is CCOC(=O)c1c(O)c2cc(F)cnc2n(CCC(C)(C)C)c1=O. The van der Waals surface area contributed by atoms with Gasteiger partial charge in [0.2, 0.25) is 0 Å². The number of aryl methyl sites for hydroxylation is 1. The van der Waals surface area contributed by atoms with Crippen molar-refractivity contribution >= 4 is 17.0 Å². The quantitative estimate of drug-likeness (QED) is 0.868. The molecule has 0 spiro atoms. The van der Waals surface area contributed by atoms with E-state index >= 15 is 0 Å². The molecule has 0 aliphatic carbocycles. The number of rotatable bonds is 4. The second-order valence-electron chi connectivity index (χ2n) is 6.74. The van der Waals surface area contributed by atoms with Crippen molar-refractivity contribution in [2.75, 3.05) is 6.61 Å². The Morgan fingerprint density at radius 2 is 2.08 bits per heavy atom. The Labute approximate surface area is 138 Å². The molecule has 0 saturated carbocycles. The van der Waals surface area contributed by atoms with Gasteiger partial charge in [0.1, 0.15) is 17.2 Å². The predicted molar refractivity (Wildman–Crippen MR) is 87.7 cm³/mol. The molecule has 0 aliphatic rings. The van der Waals surface area contributed by atoms with Gasteiger partial charge in [0.15, 0.2) is 5.56 Å². The van der Waals surface area contributed by atoms with Gasteiger partial charge in [-0.1, -0.05) is 20.8 Å². The number of esters is 1. The van der Waals surface area contributed by atoms with E-state index in [1.165, 1.54) is 4.57 Å². The summed E-state index contributed by atoms with van der Waals surface area (Å²) in [5.74, 6) is -2.21. The molecule has 0 bridgehead atoms. The van der Waals surface area contributed by atoms with Crippen LogP contribution in [-0.4, -0.2) is 27.2 Å². The molecule has 130 valence electrons. The zero-order valence-electron chi connectivity index (χ0n) is 14.2. The number of nitrogens with zero attached hydrogens (tertiary/aromatic N) is 2. The van der Waals surface area contributed by atoms with E-state index in [0.717, 1.165) is 12.3 Å². The molecule has 2 heterocycles. The second kappa shape index (κ2) is 6.59. The summed E-state index contributed by atoms with van der Waals surface area (Å²) >= 11 is 0. The molecule has 2 aromatic heterocycles. The van der Waals surface area contributed by atoms with Crippen molar-refractivity contribution in [3.63, 3.8) is 0 Å². The Kier molecular flexibility index (Phi) is 4.91. The van der Waals surface area contributed by atoms with Gasteiger partial charge in [-0.25, -0.2) is 14.2 Å². The van der Waals surface area contributed by atoms with Crippen LogP contribution in [0.3, 0.4) is 0 Å². The first-order chi connectivity index (χ1) is 11.2. The number of ether oxygens (including phenoxy) is 1. The van der Waals surface area contributed by atoms with E-state index in [2.05, 4.69) is 4.98 Å². The summed E-state index contributed by atoms with van der Waals surface area (Å²) in [6, 6.07) is 1.05. The largest absolute Gasteiger partial charge is 0.506 e. The summed E-state index contributed by atoms with van der Waals surface area (Å²) in [5, 5.41) is 10.3. The normalized spacial score (nSPS) is 11.7. The molecule has 0 radical (unpaired) electrons. The van der Waals surface area contributed by atoms with Crippen LogP contribution in [0.5, 0.6) is 5.75 Å². The number of halogens is 1. The predicted octanol–water partition coefficient (Wildman–Crippen LogP) is 2.85. The first-order valence-corrected chi connectivity index (χ1v) is 7.74. The van der Waals surface area contributed by atoms with Crippen molar-refractivity contribution in [2.45, 2.75) is 40.7 Å². The van der Waals surface area contributed by atoms with Crippen molar-refractivity contribution in [1.29, 1.82) is 0 Å². The van der Waals surface area contributed by atoms with Crippen LogP contribution >= 0.6 is 0 Å². The van der Waals surface area contributed by atoms with Gasteiger partial charge in [-0.15, -0.1) is 0 Å². The van der Waals surface area contributed by atoms with E-state index in [4.69, 9.17) is 4.74 Å². The van der Waals surface area contributed by atoms with Crippen LogP contribution in [0.15, 0.2) is 17.1 Å². The first kappa shape index (κ1) is 17.9. The fourth-order valence-corrected chi connectivity index (χ4v) is 2.33. The zero-order valence-corrected chi connectivity index (χ0v) is 14.2. The maximum atomic E-state index is 13.5. The molecule has 6 nitrogen and oxygen atoms in total. The number of pyridine rings is 2. The fourth-order valence-electron chi connectivity index (χ4n) is 2.33. The fraction of sp³-hybridized carbons (Fsp3) is 0.471. The van der Waals surface area contributed by atoms with Gasteiger partial charge < -0.3 is 9.84 Å². The molecular formula is C17H21FN2O4. The van der Waals surface area contributed by atoms with Crippen LogP contribution in [0.4, 0.5) is 4.39 Å². The topological polar surface area (TPSA) is 81.4 Å². The molecule has 1 N–H and O–H groups in total. The van der Waals surface area contributed by atoms with Crippen molar-refractivity contribution < 1.29 is 19.0 Å². The highest BCUT2D eigenvalue weighted by atomic mass is 19.1. The Hall–Kier alpha value is -2.44. The highest BCUT2D eigenvalue weighted by molar-refractivity contribution is 5.98. The molecule has 0 atom stereocenters. The Bertz CT molecular complexity index is 837. The van der Waals surface area contributed by atoms with Gasteiger partial charge >= 0.3 is 5.97 Å². The number of carbonyl (C=O) groups is 1. The Morgan fingerprint density at radius 3 is 2.67 bits per heavy atom. The lowest BCUT2D eigenvalue weighted by atomic mass is 9.92. The lowest BCUT2D eigenvalue weighted by Gasteiger charge is -2.20. The summed E-state index contributed by atoms with van der Waals surface area (Å²) in [6.07, 6.45) is 1.60. The number of aromatic nitrogens is 2. The summed E-state index contributed by atoms with van der Waals surface area (Å²) in [6.45, 7) is 7.97. The molecule has 0 aromatic carbocycles. The Balaban J connectivity index is 2.74. The van der Waals surface area contributed by atoms with Crippen molar-refractivity contribution in [1.82, 2.24) is 9.55 Å². The summed E-state index contributed by atoms with van der Waals surface area (Å²) in [7, 11) is 0. The van der Waals surface area contributed by atoms with Crippen LogP contribution < -0.4 is 5.56 Å². The molecule has 0 fully saturated rings. The highest BCUT2D eigenvalue weighted by Crippen LogP contribution is 2.27. The van der Waals surface area contributed by atoms with E-state index in [-0.39, 0.29) is 29.6 Å². The molecule has 2 rings (SSSR count). The third-order valence-corrected chi connectivity index (χ3v) is 3.60. The number of fused-ring (bicyclic) bond motifs is 1. The molecule has 0 aliphatic heterocycles. The minimum atomic E-state index is -0.935. The second-order valence-corrected chi connectivity index (χ2v) is 6.74. The number of carbonyl (C=O) groups excluding carboxylic acids is 1. The molecule has 2 aromatic rings. The van der Waals surface area contributed by atoms with Crippen LogP contribution in [0.1, 0.15) is 44.5 Å². The lowest BCUT2D eigenvalue weighted by Crippen LogP contribution is -2.29. The summed E-state index contributed by atoms with van der Waals surface area (Å²) < 4.78 is 19.7. The zero-order chi connectivity index (χ0) is 18.1. The van der Waals surface area contributed by atoms with Gasteiger partial charge in [-0.2, -0.15) is 0 Å². The third kappa shape index (κ3) is 3.55. The van der Waals surface area contributed by atoms with Crippen LogP contribution in [-0.2, 0) is 11.3 Å². The monoisotopic (exact) mass is 336 g/mol. The minimum absolute atomic E-state index is 0.00608. The number of aromatic hydroxyl groups is 1. The van der Waals surface area contributed by atoms with E-state index in [1.54, 1.807) is 6.92 Å². The number of hydrogen-bond donors (Lipinski definition) is 1. The van der Waals surface area contributed by atoms with Crippen LogP contribution in [0.25, 0.3) is 11.0 Å². The van der Waals surface area contributed by atoms with E-state index in [0.29, 0.717) is 6.42 Å². The van der Waals surface area contributed by atoms with E-state index in [1.807, 2.05) is 20.8 Å². The van der Waals surface area contributed by atoms with Gasteiger partial charge in [0.05, 0.1) is 18.2 Å². The van der Waals surface area contributed by atoms with Crippen molar-refractivity contribution in [3.8, 4) is 5.75 Å². The summed E-state index contributed by atoms with van der Waals surface area (Å²) in [4.78, 5) is 28.7. The van der Waals surface area contributed by atoms with Crippen molar-refractivity contribution in [3.05, 3.63) is 34.0 Å². The van der Waals surface area contributed by atoms with Gasteiger partial charge in [-0.3, -0.25) is 9.36 Å². The molecule has 0 saturated heterocycles. The van der Waals surface area contributed by atoms with Crippen molar-refractivity contribution in [2.24, 2.45) is 5.41 Å². The smallest absolute Gasteiger partial charge is 0.347 e. The minimum Gasteiger partial charge on any atom is -0.506 e. The molecule has 0 unspecified atom stereocenters. The summed E-state index contributed by atoms with van der Waals surface area (Å²) in [5.41, 5.74) is -1.11. The van der Waals surface area contributed by atoms with Gasteiger partial charge in [0, 0.05) is 6.54 Å². The van der Waals surface area contributed by atoms with E-state index < -0.39 is 28.7 Å². The highest BCUT2D eigenvalue weighted by Gasteiger charge is 2.25. The average molecular weight is 336 g/mol. The molecule has 7 heteroatoms. The molecule has 24 heavy (non-hydrogen) atoms. The first-order valence-electron chi connectivity index (χ1n) is 7.74. The standard InChI is InChI=1S/C17H21FN2O4/c1-5-24-16(23)12-13(21)11-8-10(18)9-19-14(11)20(15(12)22)7-6-17(2,3)4/h8-9,21H,5-7H2,1-4H3. The van der Waals surface area contributed by atoms with Crippen LogP contribution in [0, 0.1) is 11.2 Å².